The number of hydrogen-bond donors (Lipinski definition) is 4. The van der Waals surface area contributed by atoms with E-state index in [1.165, 1.54) is 22.7 Å². The lowest BCUT2D eigenvalue weighted by Gasteiger charge is -2.33. The molecule has 11 nitrogen and oxygen atoms in total. The van der Waals surface area contributed by atoms with Crippen LogP contribution in [0, 0.1) is 0 Å². The number of ether oxygens (including phenoxy) is 1. The summed E-state index contributed by atoms with van der Waals surface area (Å²) < 4.78 is 5.30. The summed E-state index contributed by atoms with van der Waals surface area (Å²) >= 11 is 2.85. The molecule has 0 aliphatic carbocycles. The Morgan fingerprint density at radius 3 is 2.34 bits per heavy atom. The quantitative estimate of drug-likeness (QED) is 0.263. The Morgan fingerprint density at radius 2 is 1.71 bits per heavy atom. The van der Waals surface area contributed by atoms with Gasteiger partial charge in [0, 0.05) is 55.1 Å². The van der Waals surface area contributed by atoms with Crippen molar-refractivity contribution in [2.45, 2.75) is 38.8 Å². The van der Waals surface area contributed by atoms with Crippen LogP contribution < -0.4 is 21.3 Å². The lowest BCUT2D eigenvalue weighted by molar-refractivity contribution is 0.0635. The van der Waals surface area contributed by atoms with Gasteiger partial charge in [-0.3, -0.25) is 15.1 Å². The Balaban J connectivity index is 1.40. The van der Waals surface area contributed by atoms with Crippen molar-refractivity contribution in [1.29, 1.82) is 0 Å². The molecular weight excluding hydrogens is 562 g/mol. The molecule has 0 saturated carbocycles. The van der Waals surface area contributed by atoms with Crippen molar-refractivity contribution < 1.29 is 19.1 Å². The lowest BCUT2D eigenvalue weighted by Crippen LogP contribution is -2.45. The molecule has 1 saturated heterocycles. The number of nitrogens with zero attached hydrogens (tertiary/aromatic N) is 3. The highest BCUT2D eigenvalue weighted by Crippen LogP contribution is 2.28. The van der Waals surface area contributed by atoms with Crippen LogP contribution in [0.2, 0.25) is 0 Å². The second-order valence-corrected chi connectivity index (χ2v) is 12.4. The average molecular weight is 600 g/mol. The topological polar surface area (TPSA) is 128 Å². The summed E-state index contributed by atoms with van der Waals surface area (Å²) in [5.41, 5.74) is 2.01. The monoisotopic (exact) mass is 599 g/mol. The van der Waals surface area contributed by atoms with E-state index in [1.54, 1.807) is 43.8 Å². The van der Waals surface area contributed by atoms with E-state index in [1.807, 2.05) is 22.9 Å². The molecular formula is C28H37N7O4S2. The zero-order chi connectivity index (χ0) is 29.4. The number of thiophene rings is 2. The number of aromatic nitrogens is 1. The maximum absolute atomic E-state index is 13.0. The van der Waals surface area contributed by atoms with E-state index in [0.717, 1.165) is 44.0 Å². The zero-order valence-electron chi connectivity index (χ0n) is 23.7. The fourth-order valence-electron chi connectivity index (χ4n) is 4.20. The van der Waals surface area contributed by atoms with Gasteiger partial charge in [-0.2, -0.15) is 11.3 Å². The fraction of sp³-hybridized carbons (Fsp3) is 0.429. The molecule has 3 aromatic heterocycles. The first-order valence-electron chi connectivity index (χ1n) is 13.4. The van der Waals surface area contributed by atoms with Crippen molar-refractivity contribution in [1.82, 2.24) is 20.1 Å². The van der Waals surface area contributed by atoms with E-state index < -0.39 is 17.6 Å². The van der Waals surface area contributed by atoms with Crippen molar-refractivity contribution in [3.8, 4) is 0 Å². The summed E-state index contributed by atoms with van der Waals surface area (Å²) in [6, 6.07) is 4.71. The molecule has 4 N–H and O–H groups in total. The number of urea groups is 1. The highest BCUT2D eigenvalue weighted by atomic mass is 32.1. The maximum atomic E-state index is 13.0. The van der Waals surface area contributed by atoms with Crippen LogP contribution in [0.5, 0.6) is 0 Å². The number of hydrogen-bond acceptors (Lipinski definition) is 9. The van der Waals surface area contributed by atoms with Gasteiger partial charge in [-0.05, 0) is 57.3 Å². The van der Waals surface area contributed by atoms with E-state index in [0.29, 0.717) is 17.8 Å². The van der Waals surface area contributed by atoms with E-state index >= 15 is 0 Å². The Bertz CT molecular complexity index is 1300. The number of pyridine rings is 1. The minimum Gasteiger partial charge on any atom is -0.444 e. The molecule has 1 fully saturated rings. The van der Waals surface area contributed by atoms with Gasteiger partial charge in [0.1, 0.15) is 11.3 Å². The molecule has 0 spiro atoms. The summed E-state index contributed by atoms with van der Waals surface area (Å²) in [4.78, 5) is 47.0. The van der Waals surface area contributed by atoms with Crippen LogP contribution >= 0.6 is 22.7 Å². The normalized spacial score (nSPS) is 15.1. The molecule has 4 heterocycles. The zero-order valence-corrected chi connectivity index (χ0v) is 25.4. The largest absolute Gasteiger partial charge is 0.444 e. The van der Waals surface area contributed by atoms with Gasteiger partial charge in [-0.1, -0.05) is 6.07 Å². The number of amides is 4. The highest BCUT2D eigenvalue weighted by molar-refractivity contribution is 7.09. The predicted octanol–water partition coefficient (Wildman–Crippen LogP) is 5.30. The number of anilines is 3. The smallest absolute Gasteiger partial charge is 0.412 e. The van der Waals surface area contributed by atoms with Gasteiger partial charge in [-0.25, -0.2) is 9.59 Å². The molecule has 1 atom stereocenters. The molecule has 0 aromatic carbocycles. The van der Waals surface area contributed by atoms with E-state index in [2.05, 4.69) is 43.1 Å². The first-order valence-corrected chi connectivity index (χ1v) is 15.3. The minimum absolute atomic E-state index is 0.212. The van der Waals surface area contributed by atoms with Gasteiger partial charge >= 0.3 is 12.1 Å². The molecule has 220 valence electrons. The molecule has 3 aromatic rings. The van der Waals surface area contributed by atoms with Crippen LogP contribution in [0.25, 0.3) is 0 Å². The van der Waals surface area contributed by atoms with Crippen molar-refractivity contribution in [2.75, 3.05) is 55.7 Å². The van der Waals surface area contributed by atoms with Gasteiger partial charge < -0.3 is 30.5 Å². The van der Waals surface area contributed by atoms with Gasteiger partial charge in [-0.15, -0.1) is 11.3 Å². The molecule has 4 amide bonds. The van der Waals surface area contributed by atoms with E-state index in [9.17, 15) is 14.4 Å². The molecule has 1 aliphatic heterocycles. The molecule has 13 heteroatoms. The summed E-state index contributed by atoms with van der Waals surface area (Å²) in [5.74, 6) is -0.417. The molecule has 1 aliphatic rings. The highest BCUT2D eigenvalue weighted by Gasteiger charge is 2.21. The summed E-state index contributed by atoms with van der Waals surface area (Å²) in [7, 11) is 2.12. The number of rotatable bonds is 9. The second kappa shape index (κ2) is 13.9. The van der Waals surface area contributed by atoms with Crippen LogP contribution in [0.4, 0.5) is 26.7 Å². The summed E-state index contributed by atoms with van der Waals surface area (Å²) in [5, 5.41) is 18.6. The molecule has 0 radical (unpaired) electrons. The van der Waals surface area contributed by atoms with Crippen LogP contribution in [-0.4, -0.2) is 78.2 Å². The minimum atomic E-state index is -0.642. The predicted molar refractivity (Wildman–Crippen MR) is 164 cm³/mol. The van der Waals surface area contributed by atoms with Crippen LogP contribution in [0.15, 0.2) is 45.9 Å². The average Bonchev–Trinajstić information content (AvgIpc) is 3.58. The van der Waals surface area contributed by atoms with Crippen molar-refractivity contribution in [3.05, 3.63) is 57.2 Å². The molecule has 0 bridgehead atoms. The maximum Gasteiger partial charge on any atom is 0.412 e. The Morgan fingerprint density at radius 1 is 0.976 bits per heavy atom. The second-order valence-electron chi connectivity index (χ2n) is 10.9. The summed E-state index contributed by atoms with van der Waals surface area (Å²) in [6.07, 6.45) is 1.72. The van der Waals surface area contributed by atoms with Gasteiger partial charge in [0.15, 0.2) is 0 Å². The third kappa shape index (κ3) is 9.52. The third-order valence-electron chi connectivity index (χ3n) is 6.38. The van der Waals surface area contributed by atoms with E-state index in [4.69, 9.17) is 4.74 Å². The Labute approximate surface area is 248 Å². The molecule has 1 unspecified atom stereocenters. The Hall–Kier alpha value is -3.52. The van der Waals surface area contributed by atoms with Gasteiger partial charge in [0.05, 0.1) is 23.1 Å². The van der Waals surface area contributed by atoms with Crippen LogP contribution in [0.3, 0.4) is 0 Å². The number of likely N-dealkylation sites (N-methyl/N-ethyl adjacent to an activating group) is 1. The van der Waals surface area contributed by atoms with Crippen molar-refractivity contribution >= 4 is 57.8 Å². The number of piperazine rings is 1. The molecule has 4 rings (SSSR count). The number of nitrogens with one attached hydrogen (secondary N) is 4. The van der Waals surface area contributed by atoms with Gasteiger partial charge in [0.25, 0.3) is 5.91 Å². The SMILES string of the molecule is CN1CCN(CCC(NC(=O)Nc2ccsc2)c2ccc(C(=O)Nc3cscc3NC(=O)OC(C)(C)C)nc2)CC1. The van der Waals surface area contributed by atoms with Crippen molar-refractivity contribution in [2.24, 2.45) is 0 Å². The fourth-order valence-corrected chi connectivity index (χ4v) is 5.50. The summed E-state index contributed by atoms with van der Waals surface area (Å²) in [6.45, 7) is 10.2. The van der Waals surface area contributed by atoms with Crippen LogP contribution in [0.1, 0.15) is 49.3 Å². The van der Waals surface area contributed by atoms with Crippen LogP contribution in [-0.2, 0) is 4.74 Å². The molecule has 41 heavy (non-hydrogen) atoms. The first kappa shape index (κ1) is 30.4. The van der Waals surface area contributed by atoms with Gasteiger partial charge in [0.2, 0.25) is 0 Å². The van der Waals surface area contributed by atoms with Crippen molar-refractivity contribution in [3.63, 3.8) is 0 Å². The lowest BCUT2D eigenvalue weighted by atomic mass is 10.0. The van der Waals surface area contributed by atoms with E-state index in [-0.39, 0.29) is 17.8 Å². The standard InChI is InChI=1S/C28H37N7O4S2/c1-28(2,3)39-27(38)33-24-18-41-17-23(24)31-25(36)22-6-5-19(15-29-22)21(7-9-35-12-10-34(4)11-13-35)32-26(37)30-20-8-14-40-16-20/h5-6,8,14-18,21H,7,9-13H2,1-4H3,(H,31,36)(H,33,38)(H2,30,32,37). The Kier molecular flexibility index (Phi) is 10.3. The third-order valence-corrected chi connectivity index (χ3v) is 7.81. The number of carbonyl (C=O) groups excluding carboxylic acids is 3. The first-order chi connectivity index (χ1) is 19.6. The number of carbonyl (C=O) groups is 3.